The number of hydrogen-bond donors (Lipinski definition) is 1. The van der Waals surface area contributed by atoms with Crippen molar-refractivity contribution in [2.75, 3.05) is 19.4 Å². The van der Waals surface area contributed by atoms with Gasteiger partial charge in [0.05, 0.1) is 0 Å². The number of nitrogens with zero attached hydrogens (tertiary/aromatic N) is 3. The molecule has 0 bridgehead atoms. The van der Waals surface area contributed by atoms with E-state index >= 15 is 0 Å². The first kappa shape index (κ1) is 10.4. The number of hydrogen-bond acceptors (Lipinski definition) is 4. The van der Waals surface area contributed by atoms with Crippen LogP contribution in [0.5, 0.6) is 0 Å². The molecular formula is C9H14N4O. The van der Waals surface area contributed by atoms with E-state index in [0.29, 0.717) is 5.95 Å². The smallest absolute Gasteiger partial charge is 0.244 e. The summed E-state index contributed by atoms with van der Waals surface area (Å²) in [6.07, 6.45) is 3.25. The Labute approximate surface area is 83.2 Å². The monoisotopic (exact) mass is 194 g/mol. The first-order valence-electron chi connectivity index (χ1n) is 4.36. The third-order valence-electron chi connectivity index (χ3n) is 1.72. The van der Waals surface area contributed by atoms with E-state index in [4.69, 9.17) is 0 Å². The minimum Gasteiger partial charge on any atom is -0.347 e. The Kier molecular flexibility index (Phi) is 3.39. The normalized spacial score (nSPS) is 11.9. The quantitative estimate of drug-likeness (QED) is 0.755. The van der Waals surface area contributed by atoms with Crippen LogP contribution in [0.25, 0.3) is 0 Å². The fourth-order valence-electron chi connectivity index (χ4n) is 1.02. The van der Waals surface area contributed by atoms with E-state index in [1.807, 2.05) is 0 Å². The van der Waals surface area contributed by atoms with Crippen LogP contribution in [0.15, 0.2) is 18.5 Å². The molecule has 1 aromatic rings. The van der Waals surface area contributed by atoms with E-state index in [2.05, 4.69) is 15.3 Å². The molecule has 0 saturated heterocycles. The van der Waals surface area contributed by atoms with Gasteiger partial charge in [-0.05, 0) is 13.0 Å². The Morgan fingerprint density at radius 1 is 1.43 bits per heavy atom. The molecule has 0 unspecified atom stereocenters. The lowest BCUT2D eigenvalue weighted by Gasteiger charge is -2.17. The Bertz CT molecular complexity index is 299. The SMILES string of the molecule is C[C@H](Nc1ncccn1)C(=O)N(C)C. The highest BCUT2D eigenvalue weighted by Crippen LogP contribution is 1.99. The summed E-state index contributed by atoms with van der Waals surface area (Å²) < 4.78 is 0. The second-order valence-electron chi connectivity index (χ2n) is 3.17. The van der Waals surface area contributed by atoms with Crippen molar-refractivity contribution >= 4 is 11.9 Å². The van der Waals surface area contributed by atoms with Gasteiger partial charge in [-0.2, -0.15) is 0 Å². The van der Waals surface area contributed by atoms with Gasteiger partial charge in [-0.3, -0.25) is 4.79 Å². The van der Waals surface area contributed by atoms with Crippen molar-refractivity contribution in [3.8, 4) is 0 Å². The molecule has 76 valence electrons. The van der Waals surface area contributed by atoms with Gasteiger partial charge in [0.1, 0.15) is 6.04 Å². The highest BCUT2D eigenvalue weighted by Gasteiger charge is 2.14. The zero-order valence-corrected chi connectivity index (χ0v) is 8.56. The van der Waals surface area contributed by atoms with E-state index in [9.17, 15) is 4.79 Å². The molecule has 1 aromatic heterocycles. The number of rotatable bonds is 3. The summed E-state index contributed by atoms with van der Waals surface area (Å²) in [6, 6.07) is 1.41. The summed E-state index contributed by atoms with van der Waals surface area (Å²) in [5.41, 5.74) is 0. The van der Waals surface area contributed by atoms with Crippen molar-refractivity contribution in [2.45, 2.75) is 13.0 Å². The van der Waals surface area contributed by atoms with E-state index in [0.717, 1.165) is 0 Å². The van der Waals surface area contributed by atoms with Gasteiger partial charge in [0.15, 0.2) is 0 Å². The van der Waals surface area contributed by atoms with Gasteiger partial charge in [0.2, 0.25) is 11.9 Å². The minimum atomic E-state index is -0.313. The predicted molar refractivity (Wildman–Crippen MR) is 53.8 cm³/mol. The molecule has 5 nitrogen and oxygen atoms in total. The minimum absolute atomic E-state index is 0.00236. The predicted octanol–water partition coefficient (Wildman–Crippen LogP) is 0.365. The largest absolute Gasteiger partial charge is 0.347 e. The lowest BCUT2D eigenvalue weighted by molar-refractivity contribution is -0.129. The molecule has 0 aromatic carbocycles. The Morgan fingerprint density at radius 3 is 2.50 bits per heavy atom. The molecule has 1 rings (SSSR count). The molecule has 1 N–H and O–H groups in total. The highest BCUT2D eigenvalue weighted by atomic mass is 16.2. The standard InChI is InChI=1S/C9H14N4O/c1-7(8(14)13(2)3)12-9-10-5-4-6-11-9/h4-7H,1-3H3,(H,10,11,12)/t7-/m0/s1. The first-order chi connectivity index (χ1) is 6.61. The fraction of sp³-hybridized carbons (Fsp3) is 0.444. The molecule has 0 aliphatic heterocycles. The molecule has 0 fully saturated rings. The van der Waals surface area contributed by atoms with Crippen molar-refractivity contribution in [1.82, 2.24) is 14.9 Å². The van der Waals surface area contributed by atoms with Crippen LogP contribution >= 0.6 is 0 Å². The molecule has 0 radical (unpaired) electrons. The van der Waals surface area contributed by atoms with Crippen LogP contribution in [0.4, 0.5) is 5.95 Å². The summed E-state index contributed by atoms with van der Waals surface area (Å²) in [7, 11) is 3.43. The third kappa shape index (κ3) is 2.69. The maximum atomic E-state index is 11.5. The highest BCUT2D eigenvalue weighted by molar-refractivity contribution is 5.83. The van der Waals surface area contributed by atoms with Crippen LogP contribution in [-0.4, -0.2) is 40.9 Å². The van der Waals surface area contributed by atoms with E-state index in [1.165, 1.54) is 4.90 Å². The lowest BCUT2D eigenvalue weighted by Crippen LogP contribution is -2.37. The van der Waals surface area contributed by atoms with Crippen molar-refractivity contribution in [2.24, 2.45) is 0 Å². The second-order valence-corrected chi connectivity index (χ2v) is 3.17. The summed E-state index contributed by atoms with van der Waals surface area (Å²) in [5.74, 6) is 0.465. The topological polar surface area (TPSA) is 58.1 Å². The molecule has 0 saturated carbocycles. The first-order valence-corrected chi connectivity index (χ1v) is 4.36. The van der Waals surface area contributed by atoms with Crippen molar-refractivity contribution < 1.29 is 4.79 Å². The van der Waals surface area contributed by atoms with Crippen molar-refractivity contribution in [3.05, 3.63) is 18.5 Å². The van der Waals surface area contributed by atoms with Crippen molar-refractivity contribution in [3.63, 3.8) is 0 Å². The van der Waals surface area contributed by atoms with Crippen LogP contribution in [0.3, 0.4) is 0 Å². The molecule has 14 heavy (non-hydrogen) atoms. The number of nitrogens with one attached hydrogen (secondary N) is 1. The second kappa shape index (κ2) is 4.55. The van der Waals surface area contributed by atoms with Gasteiger partial charge in [0, 0.05) is 26.5 Å². The number of likely N-dealkylation sites (N-methyl/N-ethyl adjacent to an activating group) is 1. The van der Waals surface area contributed by atoms with E-state index in [1.54, 1.807) is 39.5 Å². The molecule has 1 heterocycles. The molecular weight excluding hydrogens is 180 g/mol. The molecule has 0 spiro atoms. The van der Waals surface area contributed by atoms with Crippen LogP contribution < -0.4 is 5.32 Å². The number of carbonyl (C=O) groups is 1. The van der Waals surface area contributed by atoms with Gasteiger partial charge in [-0.15, -0.1) is 0 Å². The zero-order valence-electron chi connectivity index (χ0n) is 8.56. The Hall–Kier alpha value is -1.65. The Morgan fingerprint density at radius 2 is 2.00 bits per heavy atom. The number of amides is 1. The van der Waals surface area contributed by atoms with Crippen LogP contribution in [0.1, 0.15) is 6.92 Å². The zero-order chi connectivity index (χ0) is 10.6. The van der Waals surface area contributed by atoms with Crippen LogP contribution in [-0.2, 0) is 4.79 Å². The van der Waals surface area contributed by atoms with Gasteiger partial charge < -0.3 is 10.2 Å². The molecule has 1 amide bonds. The summed E-state index contributed by atoms with van der Waals surface area (Å²) in [4.78, 5) is 20.9. The molecule has 0 aliphatic rings. The van der Waals surface area contributed by atoms with Crippen LogP contribution in [0.2, 0.25) is 0 Å². The maximum Gasteiger partial charge on any atom is 0.244 e. The van der Waals surface area contributed by atoms with Gasteiger partial charge in [-0.1, -0.05) is 0 Å². The van der Waals surface area contributed by atoms with Gasteiger partial charge >= 0.3 is 0 Å². The molecule has 0 aliphatic carbocycles. The number of aromatic nitrogens is 2. The maximum absolute atomic E-state index is 11.5. The number of anilines is 1. The number of carbonyl (C=O) groups excluding carboxylic acids is 1. The molecule has 1 atom stereocenters. The average Bonchev–Trinajstić information content (AvgIpc) is 2.18. The van der Waals surface area contributed by atoms with Crippen molar-refractivity contribution in [1.29, 1.82) is 0 Å². The van der Waals surface area contributed by atoms with Gasteiger partial charge in [-0.25, -0.2) is 9.97 Å². The lowest BCUT2D eigenvalue weighted by atomic mass is 10.3. The average molecular weight is 194 g/mol. The summed E-state index contributed by atoms with van der Waals surface area (Å²) >= 11 is 0. The summed E-state index contributed by atoms with van der Waals surface area (Å²) in [6.45, 7) is 1.78. The third-order valence-corrected chi connectivity index (χ3v) is 1.72. The van der Waals surface area contributed by atoms with Crippen LogP contribution in [0, 0.1) is 0 Å². The summed E-state index contributed by atoms with van der Waals surface area (Å²) in [5, 5.41) is 2.91. The van der Waals surface area contributed by atoms with E-state index < -0.39 is 0 Å². The fourth-order valence-corrected chi connectivity index (χ4v) is 1.02. The molecule has 5 heteroatoms. The Balaban J connectivity index is 2.57. The van der Waals surface area contributed by atoms with E-state index in [-0.39, 0.29) is 11.9 Å². The van der Waals surface area contributed by atoms with Gasteiger partial charge in [0.25, 0.3) is 0 Å².